The average Bonchev–Trinajstić information content (AvgIpc) is 3.18. The zero-order valence-corrected chi connectivity index (χ0v) is 11.7. The summed E-state index contributed by atoms with van der Waals surface area (Å²) in [6.07, 6.45) is 0.775. The van der Waals surface area contributed by atoms with Gasteiger partial charge in [-0.3, -0.25) is 0 Å². The SMILES string of the molecule is CC1(C2CCN(c3ccc(C(F)(F)F)cc3)CC2)CC1. The van der Waals surface area contributed by atoms with Crippen LogP contribution < -0.4 is 4.90 Å². The number of hydrogen-bond acceptors (Lipinski definition) is 1. The van der Waals surface area contributed by atoms with Crippen molar-refractivity contribution in [3.63, 3.8) is 0 Å². The molecule has 2 fully saturated rings. The number of nitrogens with zero attached hydrogens (tertiary/aromatic N) is 1. The average molecular weight is 283 g/mol. The van der Waals surface area contributed by atoms with Crippen molar-refractivity contribution in [2.45, 2.75) is 38.8 Å². The molecule has 1 aromatic carbocycles. The first-order chi connectivity index (χ1) is 9.38. The van der Waals surface area contributed by atoms with E-state index in [1.807, 2.05) is 0 Å². The van der Waals surface area contributed by atoms with Crippen LogP contribution in [0.2, 0.25) is 0 Å². The van der Waals surface area contributed by atoms with Crippen molar-refractivity contribution in [1.82, 2.24) is 0 Å². The van der Waals surface area contributed by atoms with E-state index in [1.165, 1.54) is 25.0 Å². The number of alkyl halides is 3. The summed E-state index contributed by atoms with van der Waals surface area (Å²) in [7, 11) is 0. The molecule has 0 bridgehead atoms. The van der Waals surface area contributed by atoms with Gasteiger partial charge in [0.1, 0.15) is 0 Å². The summed E-state index contributed by atoms with van der Waals surface area (Å²) in [5.41, 5.74) is 0.908. The molecule has 2 aliphatic rings. The van der Waals surface area contributed by atoms with Gasteiger partial charge in [0.2, 0.25) is 0 Å². The maximum absolute atomic E-state index is 12.5. The normalized spacial score (nSPS) is 22.9. The minimum Gasteiger partial charge on any atom is -0.372 e. The molecule has 0 atom stereocenters. The van der Waals surface area contributed by atoms with Crippen LogP contribution in [0.1, 0.15) is 38.2 Å². The topological polar surface area (TPSA) is 3.24 Å². The van der Waals surface area contributed by atoms with Gasteiger partial charge in [0.05, 0.1) is 5.56 Å². The van der Waals surface area contributed by atoms with E-state index in [2.05, 4.69) is 11.8 Å². The Morgan fingerprint density at radius 1 is 1.05 bits per heavy atom. The lowest BCUT2D eigenvalue weighted by atomic mass is 9.83. The van der Waals surface area contributed by atoms with Crippen LogP contribution in [0.5, 0.6) is 0 Å². The van der Waals surface area contributed by atoms with Crippen molar-refractivity contribution in [2.24, 2.45) is 11.3 Å². The van der Waals surface area contributed by atoms with E-state index in [0.29, 0.717) is 5.41 Å². The van der Waals surface area contributed by atoms with Gasteiger partial charge in [-0.25, -0.2) is 0 Å². The molecular formula is C16H20F3N. The van der Waals surface area contributed by atoms with E-state index in [9.17, 15) is 13.2 Å². The Kier molecular flexibility index (Phi) is 3.22. The molecule has 1 saturated carbocycles. The summed E-state index contributed by atoms with van der Waals surface area (Å²) in [4.78, 5) is 2.21. The molecule has 0 aromatic heterocycles. The summed E-state index contributed by atoms with van der Waals surface area (Å²) in [6, 6.07) is 5.57. The number of hydrogen-bond donors (Lipinski definition) is 0. The van der Waals surface area contributed by atoms with Crippen molar-refractivity contribution in [2.75, 3.05) is 18.0 Å². The summed E-state index contributed by atoms with van der Waals surface area (Å²) < 4.78 is 37.6. The van der Waals surface area contributed by atoms with E-state index in [1.54, 1.807) is 12.1 Å². The summed E-state index contributed by atoms with van der Waals surface area (Å²) in [6.45, 7) is 4.29. The Labute approximate surface area is 117 Å². The number of rotatable bonds is 2. The predicted octanol–water partition coefficient (Wildman–Crippen LogP) is 4.72. The van der Waals surface area contributed by atoms with Gasteiger partial charge in [0, 0.05) is 18.8 Å². The first-order valence-corrected chi connectivity index (χ1v) is 7.31. The fraction of sp³-hybridized carbons (Fsp3) is 0.625. The quantitative estimate of drug-likeness (QED) is 0.759. The highest BCUT2D eigenvalue weighted by Gasteiger charge is 2.45. The van der Waals surface area contributed by atoms with Crippen LogP contribution in [0.25, 0.3) is 0 Å². The monoisotopic (exact) mass is 283 g/mol. The van der Waals surface area contributed by atoms with Gasteiger partial charge in [0.15, 0.2) is 0 Å². The zero-order valence-electron chi connectivity index (χ0n) is 11.7. The van der Waals surface area contributed by atoms with Crippen LogP contribution in [-0.2, 0) is 6.18 Å². The van der Waals surface area contributed by atoms with Crippen molar-refractivity contribution >= 4 is 5.69 Å². The van der Waals surface area contributed by atoms with Gasteiger partial charge < -0.3 is 4.90 Å². The summed E-state index contributed by atoms with van der Waals surface area (Å²) >= 11 is 0. The van der Waals surface area contributed by atoms with E-state index in [4.69, 9.17) is 0 Å². The number of halogens is 3. The van der Waals surface area contributed by atoms with Crippen LogP contribution in [0.4, 0.5) is 18.9 Å². The fourth-order valence-corrected chi connectivity index (χ4v) is 3.30. The molecule has 3 rings (SSSR count). The van der Waals surface area contributed by atoms with Gasteiger partial charge in [-0.15, -0.1) is 0 Å². The predicted molar refractivity (Wildman–Crippen MR) is 73.7 cm³/mol. The van der Waals surface area contributed by atoms with Crippen molar-refractivity contribution in [3.05, 3.63) is 29.8 Å². The molecule has 1 aromatic rings. The minimum absolute atomic E-state index is 0.562. The molecular weight excluding hydrogens is 263 g/mol. The molecule has 1 aliphatic carbocycles. The first kappa shape index (κ1) is 13.8. The Hall–Kier alpha value is -1.19. The van der Waals surface area contributed by atoms with Crippen molar-refractivity contribution < 1.29 is 13.2 Å². The lowest BCUT2D eigenvalue weighted by molar-refractivity contribution is -0.137. The molecule has 20 heavy (non-hydrogen) atoms. The molecule has 1 saturated heterocycles. The van der Waals surface area contributed by atoms with Gasteiger partial charge in [0.25, 0.3) is 0 Å². The maximum atomic E-state index is 12.5. The van der Waals surface area contributed by atoms with E-state index in [-0.39, 0.29) is 0 Å². The highest BCUT2D eigenvalue weighted by Crippen LogP contribution is 2.54. The second-order valence-corrected chi connectivity index (χ2v) is 6.46. The molecule has 4 heteroatoms. The second-order valence-electron chi connectivity index (χ2n) is 6.46. The Morgan fingerprint density at radius 3 is 2.05 bits per heavy atom. The molecule has 0 amide bonds. The third-order valence-electron chi connectivity index (χ3n) is 5.08. The number of anilines is 1. The molecule has 1 heterocycles. The molecule has 0 spiro atoms. The van der Waals surface area contributed by atoms with Gasteiger partial charge in [-0.2, -0.15) is 13.2 Å². The minimum atomic E-state index is -4.24. The molecule has 0 radical (unpaired) electrons. The Balaban J connectivity index is 1.63. The molecule has 0 unspecified atom stereocenters. The Bertz CT molecular complexity index is 465. The standard InChI is InChI=1S/C16H20F3N/c1-15(8-9-15)12-6-10-20(11-7-12)14-4-2-13(3-5-14)16(17,18)19/h2-5,12H,6-11H2,1H3. The van der Waals surface area contributed by atoms with E-state index in [0.717, 1.165) is 37.5 Å². The molecule has 0 N–H and O–H groups in total. The van der Waals surface area contributed by atoms with Crippen LogP contribution in [0.3, 0.4) is 0 Å². The largest absolute Gasteiger partial charge is 0.416 e. The fourth-order valence-electron chi connectivity index (χ4n) is 3.30. The smallest absolute Gasteiger partial charge is 0.372 e. The molecule has 1 aliphatic heterocycles. The number of benzene rings is 1. The highest BCUT2D eigenvalue weighted by molar-refractivity contribution is 5.48. The lowest BCUT2D eigenvalue weighted by Gasteiger charge is -2.36. The maximum Gasteiger partial charge on any atom is 0.416 e. The zero-order chi connectivity index (χ0) is 14.4. The molecule has 110 valence electrons. The van der Waals surface area contributed by atoms with Crippen LogP contribution in [0.15, 0.2) is 24.3 Å². The van der Waals surface area contributed by atoms with Gasteiger partial charge in [-0.05, 0) is 61.3 Å². The third-order valence-corrected chi connectivity index (χ3v) is 5.08. The Morgan fingerprint density at radius 2 is 1.60 bits per heavy atom. The van der Waals surface area contributed by atoms with Crippen molar-refractivity contribution in [3.8, 4) is 0 Å². The molecule has 1 nitrogen and oxygen atoms in total. The number of piperidine rings is 1. The summed E-state index contributed by atoms with van der Waals surface area (Å²) in [5.74, 6) is 0.799. The van der Waals surface area contributed by atoms with Gasteiger partial charge in [-0.1, -0.05) is 6.92 Å². The van der Waals surface area contributed by atoms with Gasteiger partial charge >= 0.3 is 6.18 Å². The highest BCUT2D eigenvalue weighted by atomic mass is 19.4. The van der Waals surface area contributed by atoms with Crippen LogP contribution in [-0.4, -0.2) is 13.1 Å². The lowest BCUT2D eigenvalue weighted by Crippen LogP contribution is -2.36. The van der Waals surface area contributed by atoms with E-state index < -0.39 is 11.7 Å². The third kappa shape index (κ3) is 2.65. The summed E-state index contributed by atoms with van der Waals surface area (Å²) in [5, 5.41) is 0. The second kappa shape index (κ2) is 4.68. The van der Waals surface area contributed by atoms with E-state index >= 15 is 0 Å². The first-order valence-electron chi connectivity index (χ1n) is 7.31. The van der Waals surface area contributed by atoms with Crippen LogP contribution in [0, 0.1) is 11.3 Å². The van der Waals surface area contributed by atoms with Crippen molar-refractivity contribution in [1.29, 1.82) is 0 Å². The van der Waals surface area contributed by atoms with Crippen LogP contribution >= 0.6 is 0 Å².